The summed E-state index contributed by atoms with van der Waals surface area (Å²) in [6.45, 7) is 4.47. The van der Waals surface area contributed by atoms with Crippen LogP contribution in [0.4, 0.5) is 0 Å². The third-order valence-electron chi connectivity index (χ3n) is 2.41. The average Bonchev–Trinajstić information content (AvgIpc) is 2.16. The Morgan fingerprint density at radius 1 is 1.62 bits per heavy atom. The molecule has 0 aromatic heterocycles. The van der Waals surface area contributed by atoms with Gasteiger partial charge in [0.2, 0.25) is 5.91 Å². The second-order valence-corrected chi connectivity index (χ2v) is 4.33. The molecule has 16 heavy (non-hydrogen) atoms. The number of amides is 1. The SMILES string of the molecule is CC(N)C(=O)N1CCOC(CN(C)C)C1.Cl. The van der Waals surface area contributed by atoms with Gasteiger partial charge in [-0.1, -0.05) is 0 Å². The van der Waals surface area contributed by atoms with Gasteiger partial charge in [-0.05, 0) is 21.0 Å². The lowest BCUT2D eigenvalue weighted by Crippen LogP contribution is -2.52. The van der Waals surface area contributed by atoms with Crippen molar-refractivity contribution in [1.29, 1.82) is 0 Å². The third kappa shape index (κ3) is 4.65. The van der Waals surface area contributed by atoms with E-state index in [9.17, 15) is 4.79 Å². The van der Waals surface area contributed by atoms with E-state index >= 15 is 0 Å². The van der Waals surface area contributed by atoms with Crippen LogP contribution in [0.25, 0.3) is 0 Å². The molecule has 0 aliphatic carbocycles. The lowest BCUT2D eigenvalue weighted by atomic mass is 10.2. The first-order valence-corrected chi connectivity index (χ1v) is 5.31. The molecule has 1 fully saturated rings. The molecule has 96 valence electrons. The highest BCUT2D eigenvalue weighted by Gasteiger charge is 2.25. The molecule has 6 heteroatoms. The molecule has 0 aromatic rings. The summed E-state index contributed by atoms with van der Waals surface area (Å²) >= 11 is 0. The van der Waals surface area contributed by atoms with E-state index in [2.05, 4.69) is 4.90 Å². The van der Waals surface area contributed by atoms with Crippen LogP contribution in [-0.2, 0) is 9.53 Å². The number of likely N-dealkylation sites (N-methyl/N-ethyl adjacent to an activating group) is 1. The summed E-state index contributed by atoms with van der Waals surface area (Å²) in [6, 6.07) is -0.414. The molecule has 0 aromatic carbocycles. The number of hydrogen-bond donors (Lipinski definition) is 1. The van der Waals surface area contributed by atoms with Crippen molar-refractivity contribution in [3.05, 3.63) is 0 Å². The van der Waals surface area contributed by atoms with Gasteiger partial charge in [0.25, 0.3) is 0 Å². The van der Waals surface area contributed by atoms with Gasteiger partial charge in [0.05, 0.1) is 18.8 Å². The summed E-state index contributed by atoms with van der Waals surface area (Å²) in [7, 11) is 3.99. The minimum atomic E-state index is -0.414. The first kappa shape index (κ1) is 15.6. The number of nitrogens with two attached hydrogens (primary N) is 1. The predicted molar refractivity (Wildman–Crippen MR) is 65.8 cm³/mol. The van der Waals surface area contributed by atoms with Gasteiger partial charge in [-0.2, -0.15) is 0 Å². The summed E-state index contributed by atoms with van der Waals surface area (Å²) in [5.41, 5.74) is 5.57. The number of carbonyl (C=O) groups excluding carboxylic acids is 1. The lowest BCUT2D eigenvalue weighted by molar-refractivity contribution is -0.140. The van der Waals surface area contributed by atoms with E-state index in [4.69, 9.17) is 10.5 Å². The monoisotopic (exact) mass is 251 g/mol. The molecule has 0 bridgehead atoms. The zero-order chi connectivity index (χ0) is 11.4. The average molecular weight is 252 g/mol. The van der Waals surface area contributed by atoms with Gasteiger partial charge >= 0.3 is 0 Å². The molecule has 5 nitrogen and oxygen atoms in total. The Morgan fingerprint density at radius 2 is 2.25 bits per heavy atom. The summed E-state index contributed by atoms with van der Waals surface area (Å²) in [6.07, 6.45) is 0.108. The Hall–Kier alpha value is -0.360. The van der Waals surface area contributed by atoms with Gasteiger partial charge in [0.1, 0.15) is 0 Å². The van der Waals surface area contributed by atoms with E-state index in [1.165, 1.54) is 0 Å². The Morgan fingerprint density at radius 3 is 2.75 bits per heavy atom. The highest BCUT2D eigenvalue weighted by atomic mass is 35.5. The molecule has 2 unspecified atom stereocenters. The van der Waals surface area contributed by atoms with Crippen LogP contribution in [0.3, 0.4) is 0 Å². The molecule has 1 heterocycles. The van der Waals surface area contributed by atoms with Gasteiger partial charge in [-0.15, -0.1) is 12.4 Å². The van der Waals surface area contributed by atoms with E-state index in [0.717, 1.165) is 6.54 Å². The Labute approximate surface area is 103 Å². The quantitative estimate of drug-likeness (QED) is 0.738. The largest absolute Gasteiger partial charge is 0.373 e. The first-order valence-electron chi connectivity index (χ1n) is 5.31. The molecule has 2 N–H and O–H groups in total. The molecule has 0 radical (unpaired) electrons. The number of carbonyl (C=O) groups is 1. The summed E-state index contributed by atoms with van der Waals surface area (Å²) in [5.74, 6) is 0.0158. The van der Waals surface area contributed by atoms with E-state index in [-0.39, 0.29) is 24.4 Å². The van der Waals surface area contributed by atoms with Gasteiger partial charge in [0.15, 0.2) is 0 Å². The van der Waals surface area contributed by atoms with E-state index in [0.29, 0.717) is 19.7 Å². The topological polar surface area (TPSA) is 58.8 Å². The van der Waals surface area contributed by atoms with Gasteiger partial charge in [-0.25, -0.2) is 0 Å². The number of rotatable bonds is 3. The molecular formula is C10H22ClN3O2. The highest BCUT2D eigenvalue weighted by Crippen LogP contribution is 2.07. The van der Waals surface area contributed by atoms with Crippen molar-refractivity contribution in [3.8, 4) is 0 Å². The normalized spacial score (nSPS) is 22.8. The second kappa shape index (κ2) is 7.06. The van der Waals surface area contributed by atoms with Crippen LogP contribution >= 0.6 is 12.4 Å². The fourth-order valence-corrected chi connectivity index (χ4v) is 1.73. The van der Waals surface area contributed by atoms with Crippen LogP contribution in [0, 0.1) is 0 Å². The standard InChI is InChI=1S/C10H21N3O2.ClH/c1-8(11)10(14)13-4-5-15-9(7-13)6-12(2)3;/h8-9H,4-7,11H2,1-3H3;1H. The van der Waals surface area contributed by atoms with Crippen LogP contribution in [0.2, 0.25) is 0 Å². The van der Waals surface area contributed by atoms with Gasteiger partial charge in [0, 0.05) is 19.6 Å². The number of halogens is 1. The molecule has 1 aliphatic rings. The lowest BCUT2D eigenvalue weighted by Gasteiger charge is -2.35. The van der Waals surface area contributed by atoms with Gasteiger partial charge in [-0.3, -0.25) is 4.79 Å². The fourth-order valence-electron chi connectivity index (χ4n) is 1.73. The Bertz CT molecular complexity index is 224. The summed E-state index contributed by atoms with van der Waals surface area (Å²) in [4.78, 5) is 15.5. The van der Waals surface area contributed by atoms with Crippen molar-refractivity contribution in [3.63, 3.8) is 0 Å². The second-order valence-electron chi connectivity index (χ2n) is 4.33. The van der Waals surface area contributed by atoms with E-state index in [1.54, 1.807) is 11.8 Å². The molecule has 2 atom stereocenters. The maximum atomic E-state index is 11.7. The minimum absolute atomic E-state index is 0. The van der Waals surface area contributed by atoms with Crippen molar-refractivity contribution in [1.82, 2.24) is 9.80 Å². The van der Waals surface area contributed by atoms with Crippen LogP contribution in [-0.4, -0.2) is 68.2 Å². The minimum Gasteiger partial charge on any atom is -0.373 e. The maximum Gasteiger partial charge on any atom is 0.239 e. The number of nitrogens with zero attached hydrogens (tertiary/aromatic N) is 2. The fraction of sp³-hybridized carbons (Fsp3) is 0.900. The maximum absolute atomic E-state index is 11.7. The molecule has 0 saturated carbocycles. The van der Waals surface area contributed by atoms with E-state index < -0.39 is 6.04 Å². The van der Waals surface area contributed by atoms with Gasteiger partial charge < -0.3 is 20.3 Å². The van der Waals surface area contributed by atoms with Crippen molar-refractivity contribution in [2.75, 3.05) is 40.3 Å². The first-order chi connectivity index (χ1) is 7.00. The molecule has 1 saturated heterocycles. The van der Waals surface area contributed by atoms with Crippen molar-refractivity contribution in [2.24, 2.45) is 5.73 Å². The number of ether oxygens (including phenoxy) is 1. The van der Waals surface area contributed by atoms with Crippen LogP contribution in [0.15, 0.2) is 0 Å². The third-order valence-corrected chi connectivity index (χ3v) is 2.41. The molecular weight excluding hydrogens is 230 g/mol. The summed E-state index contributed by atoms with van der Waals surface area (Å²) in [5, 5.41) is 0. The highest BCUT2D eigenvalue weighted by molar-refractivity contribution is 5.85. The molecule has 1 aliphatic heterocycles. The van der Waals surface area contributed by atoms with Crippen molar-refractivity contribution < 1.29 is 9.53 Å². The zero-order valence-corrected chi connectivity index (χ0v) is 11.0. The molecule has 0 spiro atoms. The number of morpholine rings is 1. The smallest absolute Gasteiger partial charge is 0.239 e. The molecule has 1 amide bonds. The predicted octanol–water partition coefficient (Wildman–Crippen LogP) is -0.456. The van der Waals surface area contributed by atoms with Crippen LogP contribution in [0.5, 0.6) is 0 Å². The van der Waals surface area contributed by atoms with Crippen LogP contribution in [0.1, 0.15) is 6.92 Å². The number of hydrogen-bond acceptors (Lipinski definition) is 4. The summed E-state index contributed by atoms with van der Waals surface area (Å²) < 4.78 is 5.57. The van der Waals surface area contributed by atoms with Crippen LogP contribution < -0.4 is 5.73 Å². The zero-order valence-electron chi connectivity index (χ0n) is 10.2. The van der Waals surface area contributed by atoms with Crippen molar-refractivity contribution in [2.45, 2.75) is 19.1 Å². The molecule has 1 rings (SSSR count). The Balaban J connectivity index is 0.00000225. The van der Waals surface area contributed by atoms with Crippen molar-refractivity contribution >= 4 is 18.3 Å². The van der Waals surface area contributed by atoms with E-state index in [1.807, 2.05) is 14.1 Å². The Kier molecular flexibility index (Phi) is 6.90.